The first-order chi connectivity index (χ1) is 8.74. The smallest absolute Gasteiger partial charge is 0.0206 e. The fraction of sp³-hybridized carbons (Fsp3) is 0.625. The Balaban J connectivity index is 1.72. The first-order valence-electron chi connectivity index (χ1n) is 7.26. The third kappa shape index (κ3) is 4.43. The monoisotopic (exact) mass is 246 g/mol. The molecule has 2 nitrogen and oxygen atoms in total. The molecule has 1 aromatic carbocycles. The Morgan fingerprint density at radius 1 is 1.22 bits per heavy atom. The van der Waals surface area contributed by atoms with Crippen molar-refractivity contribution in [3.05, 3.63) is 35.4 Å². The Morgan fingerprint density at radius 2 is 1.94 bits per heavy atom. The van der Waals surface area contributed by atoms with Gasteiger partial charge in [-0.1, -0.05) is 38.1 Å². The third-order valence-electron chi connectivity index (χ3n) is 3.55. The molecular formula is C16H26N2. The summed E-state index contributed by atoms with van der Waals surface area (Å²) in [4.78, 5) is 0. The zero-order valence-corrected chi connectivity index (χ0v) is 11.7. The van der Waals surface area contributed by atoms with E-state index in [-0.39, 0.29) is 0 Å². The van der Waals surface area contributed by atoms with E-state index >= 15 is 0 Å². The standard InChI is InChI=1S/C16H26N2/c1-13(2)10-14-5-7-15(8-6-14)11-17-12-16-4-3-9-18-16/h5-8,13,16-18H,3-4,9-12H2,1-2H3. The molecule has 1 fully saturated rings. The van der Waals surface area contributed by atoms with Gasteiger partial charge in [0, 0.05) is 19.1 Å². The van der Waals surface area contributed by atoms with Crippen LogP contribution in [0.4, 0.5) is 0 Å². The van der Waals surface area contributed by atoms with Crippen molar-refractivity contribution in [3.63, 3.8) is 0 Å². The van der Waals surface area contributed by atoms with Crippen molar-refractivity contribution in [2.75, 3.05) is 13.1 Å². The lowest BCUT2D eigenvalue weighted by atomic mass is 10.0. The maximum absolute atomic E-state index is 3.54. The molecule has 1 aliphatic rings. The van der Waals surface area contributed by atoms with Crippen LogP contribution in [0.15, 0.2) is 24.3 Å². The number of hydrogen-bond donors (Lipinski definition) is 2. The van der Waals surface area contributed by atoms with Crippen LogP contribution in [0.5, 0.6) is 0 Å². The van der Waals surface area contributed by atoms with E-state index in [1.54, 1.807) is 0 Å². The molecule has 2 N–H and O–H groups in total. The minimum Gasteiger partial charge on any atom is -0.313 e. The lowest BCUT2D eigenvalue weighted by Gasteiger charge is -2.12. The van der Waals surface area contributed by atoms with E-state index in [1.165, 1.54) is 36.9 Å². The Kier molecular flexibility index (Phi) is 5.21. The first kappa shape index (κ1) is 13.6. The molecule has 0 saturated carbocycles. The maximum atomic E-state index is 3.54. The quantitative estimate of drug-likeness (QED) is 0.806. The first-order valence-corrected chi connectivity index (χ1v) is 7.26. The second-order valence-corrected chi connectivity index (χ2v) is 5.84. The van der Waals surface area contributed by atoms with E-state index in [2.05, 4.69) is 48.7 Å². The van der Waals surface area contributed by atoms with Crippen molar-refractivity contribution in [1.29, 1.82) is 0 Å². The van der Waals surface area contributed by atoms with Crippen molar-refractivity contribution in [2.45, 2.75) is 45.7 Å². The average molecular weight is 246 g/mol. The van der Waals surface area contributed by atoms with Crippen molar-refractivity contribution in [1.82, 2.24) is 10.6 Å². The largest absolute Gasteiger partial charge is 0.313 e. The molecule has 1 heterocycles. The minimum atomic E-state index is 0.685. The Bertz CT molecular complexity index is 337. The molecule has 1 unspecified atom stereocenters. The molecule has 18 heavy (non-hydrogen) atoms. The van der Waals surface area contributed by atoms with Crippen LogP contribution < -0.4 is 10.6 Å². The van der Waals surface area contributed by atoms with Crippen molar-refractivity contribution in [3.8, 4) is 0 Å². The molecule has 2 rings (SSSR count). The molecule has 0 aromatic heterocycles. The number of hydrogen-bond acceptors (Lipinski definition) is 2. The molecule has 0 radical (unpaired) electrons. The van der Waals surface area contributed by atoms with Crippen LogP contribution in [0, 0.1) is 5.92 Å². The summed E-state index contributed by atoms with van der Waals surface area (Å²) in [6, 6.07) is 9.74. The van der Waals surface area contributed by atoms with Crippen molar-refractivity contribution in [2.24, 2.45) is 5.92 Å². The zero-order valence-electron chi connectivity index (χ0n) is 11.7. The second kappa shape index (κ2) is 6.91. The summed E-state index contributed by atoms with van der Waals surface area (Å²) in [5.74, 6) is 0.738. The van der Waals surface area contributed by atoms with Crippen LogP contribution in [-0.2, 0) is 13.0 Å². The predicted octanol–water partition coefficient (Wildman–Crippen LogP) is 2.73. The van der Waals surface area contributed by atoms with Crippen LogP contribution in [0.2, 0.25) is 0 Å². The number of nitrogens with one attached hydrogen (secondary N) is 2. The van der Waals surface area contributed by atoms with E-state index in [0.29, 0.717) is 6.04 Å². The normalized spacial score (nSPS) is 19.6. The van der Waals surface area contributed by atoms with Gasteiger partial charge >= 0.3 is 0 Å². The van der Waals surface area contributed by atoms with Gasteiger partial charge < -0.3 is 10.6 Å². The third-order valence-corrected chi connectivity index (χ3v) is 3.55. The van der Waals surface area contributed by atoms with Gasteiger partial charge in [-0.15, -0.1) is 0 Å². The lowest BCUT2D eigenvalue weighted by Crippen LogP contribution is -2.33. The molecule has 1 saturated heterocycles. The highest BCUT2D eigenvalue weighted by molar-refractivity contribution is 5.22. The van der Waals surface area contributed by atoms with Gasteiger partial charge in [0.1, 0.15) is 0 Å². The highest BCUT2D eigenvalue weighted by Gasteiger charge is 2.12. The highest BCUT2D eigenvalue weighted by Crippen LogP contribution is 2.10. The maximum Gasteiger partial charge on any atom is 0.0206 e. The summed E-state index contributed by atoms with van der Waals surface area (Å²) in [5.41, 5.74) is 2.84. The molecular weight excluding hydrogens is 220 g/mol. The molecule has 0 spiro atoms. The molecule has 1 atom stereocenters. The minimum absolute atomic E-state index is 0.685. The van der Waals surface area contributed by atoms with Crippen LogP contribution in [0.1, 0.15) is 37.8 Å². The topological polar surface area (TPSA) is 24.1 Å². The Hall–Kier alpha value is -0.860. The summed E-state index contributed by atoms with van der Waals surface area (Å²) in [6.07, 6.45) is 3.83. The SMILES string of the molecule is CC(C)Cc1ccc(CNCC2CCCN2)cc1. The predicted molar refractivity (Wildman–Crippen MR) is 77.7 cm³/mol. The summed E-state index contributed by atoms with van der Waals surface area (Å²) in [7, 11) is 0. The second-order valence-electron chi connectivity index (χ2n) is 5.84. The van der Waals surface area contributed by atoms with Gasteiger partial charge in [0.05, 0.1) is 0 Å². The Labute approximate surface area is 111 Å². The summed E-state index contributed by atoms with van der Waals surface area (Å²) in [5, 5.41) is 7.05. The fourth-order valence-corrected chi connectivity index (χ4v) is 2.59. The molecule has 1 aromatic rings. The van der Waals surface area contributed by atoms with Crippen molar-refractivity contribution >= 4 is 0 Å². The molecule has 0 amide bonds. The lowest BCUT2D eigenvalue weighted by molar-refractivity contribution is 0.535. The fourth-order valence-electron chi connectivity index (χ4n) is 2.59. The summed E-state index contributed by atoms with van der Waals surface area (Å²) >= 11 is 0. The van der Waals surface area contributed by atoms with Crippen LogP contribution in [-0.4, -0.2) is 19.1 Å². The van der Waals surface area contributed by atoms with Crippen molar-refractivity contribution < 1.29 is 0 Å². The van der Waals surface area contributed by atoms with Crippen LogP contribution in [0.3, 0.4) is 0 Å². The van der Waals surface area contributed by atoms with Gasteiger partial charge in [-0.05, 0) is 42.9 Å². The van der Waals surface area contributed by atoms with Gasteiger partial charge in [0.25, 0.3) is 0 Å². The van der Waals surface area contributed by atoms with Gasteiger partial charge in [-0.3, -0.25) is 0 Å². The molecule has 0 aliphatic carbocycles. The van der Waals surface area contributed by atoms with Gasteiger partial charge in [0.2, 0.25) is 0 Å². The molecule has 0 bridgehead atoms. The highest BCUT2D eigenvalue weighted by atomic mass is 15.0. The molecule has 1 aliphatic heterocycles. The van der Waals surface area contributed by atoms with Gasteiger partial charge in [0.15, 0.2) is 0 Å². The van der Waals surface area contributed by atoms with E-state index in [9.17, 15) is 0 Å². The average Bonchev–Trinajstić information content (AvgIpc) is 2.84. The zero-order chi connectivity index (χ0) is 12.8. The van der Waals surface area contributed by atoms with Gasteiger partial charge in [-0.25, -0.2) is 0 Å². The summed E-state index contributed by atoms with van der Waals surface area (Å²) < 4.78 is 0. The van der Waals surface area contributed by atoms with E-state index in [1.807, 2.05) is 0 Å². The number of benzene rings is 1. The van der Waals surface area contributed by atoms with E-state index in [0.717, 1.165) is 19.0 Å². The van der Waals surface area contributed by atoms with Crippen LogP contribution >= 0.6 is 0 Å². The molecule has 100 valence electrons. The van der Waals surface area contributed by atoms with E-state index in [4.69, 9.17) is 0 Å². The van der Waals surface area contributed by atoms with E-state index < -0.39 is 0 Å². The summed E-state index contributed by atoms with van der Waals surface area (Å²) in [6.45, 7) is 7.80. The van der Waals surface area contributed by atoms with Crippen LogP contribution in [0.25, 0.3) is 0 Å². The Morgan fingerprint density at radius 3 is 2.56 bits per heavy atom. The number of rotatable bonds is 6. The molecule has 2 heteroatoms. The van der Waals surface area contributed by atoms with Gasteiger partial charge in [-0.2, -0.15) is 0 Å².